The Bertz CT molecular complexity index is 1200. The fraction of sp³-hybridized carbons (Fsp3) is 0.407. The van der Waals surface area contributed by atoms with E-state index in [0.29, 0.717) is 22.4 Å². The highest BCUT2D eigenvalue weighted by molar-refractivity contribution is 6.30. The highest BCUT2D eigenvalue weighted by Gasteiger charge is 2.40. The molecule has 2 fully saturated rings. The summed E-state index contributed by atoms with van der Waals surface area (Å²) in [5.74, 6) is 0.706. The van der Waals surface area contributed by atoms with Crippen molar-refractivity contribution in [1.29, 1.82) is 5.26 Å². The second-order valence-electron chi connectivity index (χ2n) is 9.37. The average molecular weight is 490 g/mol. The predicted octanol–water partition coefficient (Wildman–Crippen LogP) is 4.38. The molecule has 4 heterocycles. The lowest BCUT2D eigenvalue weighted by molar-refractivity contribution is 0.00493. The van der Waals surface area contributed by atoms with Crippen LogP contribution in [-0.4, -0.2) is 57.6 Å². The SMILES string of the molecule is N#CC1(c2ccc(CC(=O)c3ccn(-c4ccc(Cl)cn4)c3)cn2)CCC(N2CCOCC2)CC1. The van der Waals surface area contributed by atoms with Gasteiger partial charge in [0.2, 0.25) is 0 Å². The Labute approximate surface area is 210 Å². The van der Waals surface area contributed by atoms with Crippen molar-refractivity contribution in [2.24, 2.45) is 0 Å². The minimum Gasteiger partial charge on any atom is -0.379 e. The molecular weight excluding hydrogens is 462 g/mol. The number of pyridine rings is 2. The third kappa shape index (κ3) is 5.15. The van der Waals surface area contributed by atoms with E-state index in [1.807, 2.05) is 18.3 Å². The summed E-state index contributed by atoms with van der Waals surface area (Å²) in [6.07, 6.45) is 10.8. The molecule has 35 heavy (non-hydrogen) atoms. The van der Waals surface area contributed by atoms with E-state index >= 15 is 0 Å². The summed E-state index contributed by atoms with van der Waals surface area (Å²) in [4.78, 5) is 24.3. The summed E-state index contributed by atoms with van der Waals surface area (Å²) in [6, 6.07) is 12.3. The molecule has 0 radical (unpaired) electrons. The van der Waals surface area contributed by atoms with E-state index in [4.69, 9.17) is 16.3 Å². The van der Waals surface area contributed by atoms with Gasteiger partial charge >= 0.3 is 0 Å². The van der Waals surface area contributed by atoms with Crippen molar-refractivity contribution in [2.45, 2.75) is 43.6 Å². The van der Waals surface area contributed by atoms with Crippen LogP contribution in [0.3, 0.4) is 0 Å². The summed E-state index contributed by atoms with van der Waals surface area (Å²) in [5.41, 5.74) is 1.72. The lowest BCUT2D eigenvalue weighted by Gasteiger charge is -2.41. The molecule has 1 aliphatic heterocycles. The molecule has 0 atom stereocenters. The maximum absolute atomic E-state index is 12.9. The van der Waals surface area contributed by atoms with Crippen molar-refractivity contribution in [3.05, 3.63) is 77.0 Å². The van der Waals surface area contributed by atoms with E-state index in [1.54, 1.807) is 41.4 Å². The zero-order chi connectivity index (χ0) is 24.3. The van der Waals surface area contributed by atoms with Crippen LogP contribution >= 0.6 is 11.6 Å². The Hall–Kier alpha value is -3.05. The maximum atomic E-state index is 12.9. The van der Waals surface area contributed by atoms with Gasteiger partial charge in [-0.25, -0.2) is 4.98 Å². The van der Waals surface area contributed by atoms with Crippen LogP contribution in [-0.2, 0) is 16.6 Å². The molecule has 0 amide bonds. The van der Waals surface area contributed by atoms with Gasteiger partial charge < -0.3 is 9.30 Å². The number of carbonyl (C=O) groups is 1. The van der Waals surface area contributed by atoms with Crippen molar-refractivity contribution < 1.29 is 9.53 Å². The lowest BCUT2D eigenvalue weighted by atomic mass is 9.71. The molecule has 0 spiro atoms. The number of morpholine rings is 1. The topological polar surface area (TPSA) is 84.0 Å². The molecule has 7 nitrogen and oxygen atoms in total. The molecule has 0 aromatic carbocycles. The molecule has 3 aromatic heterocycles. The summed E-state index contributed by atoms with van der Waals surface area (Å²) in [6.45, 7) is 3.55. The zero-order valence-corrected chi connectivity index (χ0v) is 20.3. The van der Waals surface area contributed by atoms with Gasteiger partial charge in [-0.1, -0.05) is 17.7 Å². The number of carbonyl (C=O) groups excluding carboxylic acids is 1. The van der Waals surface area contributed by atoms with Gasteiger partial charge in [0, 0.05) is 55.9 Å². The van der Waals surface area contributed by atoms with Gasteiger partial charge in [0.1, 0.15) is 5.82 Å². The van der Waals surface area contributed by atoms with E-state index in [-0.39, 0.29) is 12.2 Å². The minimum atomic E-state index is -0.547. The van der Waals surface area contributed by atoms with E-state index in [0.717, 1.165) is 63.2 Å². The highest BCUT2D eigenvalue weighted by atomic mass is 35.5. The number of halogens is 1. The molecule has 1 saturated heterocycles. The Balaban J connectivity index is 1.22. The van der Waals surface area contributed by atoms with Crippen molar-refractivity contribution in [3.63, 3.8) is 0 Å². The van der Waals surface area contributed by atoms with Gasteiger partial charge in [0.05, 0.1) is 35.4 Å². The van der Waals surface area contributed by atoms with Crippen LogP contribution in [0.15, 0.2) is 55.1 Å². The van der Waals surface area contributed by atoms with Crippen molar-refractivity contribution in [3.8, 4) is 11.9 Å². The van der Waals surface area contributed by atoms with Gasteiger partial charge in [0.25, 0.3) is 0 Å². The predicted molar refractivity (Wildman–Crippen MR) is 133 cm³/mol. The van der Waals surface area contributed by atoms with Crippen LogP contribution in [0.1, 0.15) is 47.3 Å². The van der Waals surface area contributed by atoms with Crippen LogP contribution in [0, 0.1) is 11.3 Å². The monoisotopic (exact) mass is 489 g/mol. The molecular formula is C27H28ClN5O2. The number of nitriles is 1. The van der Waals surface area contributed by atoms with Crippen LogP contribution in [0.5, 0.6) is 0 Å². The summed E-state index contributed by atoms with van der Waals surface area (Å²) in [7, 11) is 0. The molecule has 0 N–H and O–H groups in total. The van der Waals surface area contributed by atoms with E-state index in [2.05, 4.69) is 20.9 Å². The van der Waals surface area contributed by atoms with Crippen molar-refractivity contribution in [2.75, 3.05) is 26.3 Å². The van der Waals surface area contributed by atoms with Crippen LogP contribution < -0.4 is 0 Å². The van der Waals surface area contributed by atoms with E-state index in [9.17, 15) is 10.1 Å². The normalized spacial score (nSPS) is 23.0. The minimum absolute atomic E-state index is 0.00767. The summed E-state index contributed by atoms with van der Waals surface area (Å²) >= 11 is 5.91. The van der Waals surface area contributed by atoms with E-state index < -0.39 is 5.41 Å². The number of hydrogen-bond donors (Lipinski definition) is 0. The molecule has 1 saturated carbocycles. The molecule has 0 unspecified atom stereocenters. The third-order valence-corrected chi connectivity index (χ3v) is 7.48. The molecule has 5 rings (SSSR count). The fourth-order valence-corrected chi connectivity index (χ4v) is 5.26. The first-order chi connectivity index (χ1) is 17.1. The number of ketones is 1. The number of hydrogen-bond acceptors (Lipinski definition) is 6. The molecule has 8 heteroatoms. The number of ether oxygens (including phenoxy) is 1. The molecule has 180 valence electrons. The molecule has 2 aliphatic rings. The van der Waals surface area contributed by atoms with Gasteiger partial charge in [0.15, 0.2) is 5.78 Å². The zero-order valence-electron chi connectivity index (χ0n) is 19.6. The van der Waals surface area contributed by atoms with Crippen molar-refractivity contribution in [1.82, 2.24) is 19.4 Å². The van der Waals surface area contributed by atoms with E-state index in [1.165, 1.54) is 0 Å². The molecule has 1 aliphatic carbocycles. The first-order valence-electron chi connectivity index (χ1n) is 12.1. The second kappa shape index (κ2) is 10.3. The standard InChI is InChI=1S/C27H28ClN5O2/c28-22-2-4-26(31-17-22)33-10-7-21(18-33)24(34)15-20-1-3-25(30-16-20)27(19-29)8-5-23(6-9-27)32-11-13-35-14-12-32/h1-4,7,10,16-18,23H,5-6,8-9,11-15H2. The van der Waals surface area contributed by atoms with Gasteiger partial charge in [-0.3, -0.25) is 14.7 Å². The summed E-state index contributed by atoms with van der Waals surface area (Å²) in [5, 5.41) is 10.6. The van der Waals surface area contributed by atoms with Crippen LogP contribution in [0.25, 0.3) is 5.82 Å². The average Bonchev–Trinajstić information content (AvgIpc) is 3.41. The highest BCUT2D eigenvalue weighted by Crippen LogP contribution is 2.39. The maximum Gasteiger partial charge on any atom is 0.168 e. The Kier molecular flexibility index (Phi) is 6.96. The third-order valence-electron chi connectivity index (χ3n) is 7.26. The first-order valence-corrected chi connectivity index (χ1v) is 12.5. The number of aromatic nitrogens is 3. The Morgan fingerprint density at radius 2 is 1.91 bits per heavy atom. The number of rotatable bonds is 6. The summed E-state index contributed by atoms with van der Waals surface area (Å²) < 4.78 is 7.28. The smallest absolute Gasteiger partial charge is 0.168 e. The van der Waals surface area contributed by atoms with Crippen molar-refractivity contribution >= 4 is 17.4 Å². The Morgan fingerprint density at radius 1 is 1.11 bits per heavy atom. The van der Waals surface area contributed by atoms with Crippen LogP contribution in [0.2, 0.25) is 5.02 Å². The first kappa shape index (κ1) is 23.7. The quantitative estimate of drug-likeness (QED) is 0.478. The largest absolute Gasteiger partial charge is 0.379 e. The number of Topliss-reactive ketones (excluding diaryl/α,β-unsaturated/α-hetero) is 1. The van der Waals surface area contributed by atoms with Gasteiger partial charge in [-0.15, -0.1) is 0 Å². The van der Waals surface area contributed by atoms with Crippen LogP contribution in [0.4, 0.5) is 0 Å². The van der Waals surface area contributed by atoms with Gasteiger partial charge in [-0.2, -0.15) is 5.26 Å². The fourth-order valence-electron chi connectivity index (χ4n) is 5.15. The second-order valence-corrected chi connectivity index (χ2v) is 9.80. The lowest BCUT2D eigenvalue weighted by Crippen LogP contribution is -2.47. The van der Waals surface area contributed by atoms with Gasteiger partial charge in [-0.05, 0) is 55.5 Å². The molecule has 3 aromatic rings. The number of nitrogens with zero attached hydrogens (tertiary/aromatic N) is 5. The Morgan fingerprint density at radius 3 is 2.57 bits per heavy atom. The molecule has 0 bridgehead atoms.